The van der Waals surface area contributed by atoms with Gasteiger partial charge in [0.25, 0.3) is 0 Å². The molecule has 0 radical (unpaired) electrons. The van der Waals surface area contributed by atoms with Crippen molar-refractivity contribution < 1.29 is 8.42 Å². The highest BCUT2D eigenvalue weighted by Crippen LogP contribution is 2.25. The number of nitrogens with two attached hydrogens (primary N) is 1. The van der Waals surface area contributed by atoms with Crippen molar-refractivity contribution >= 4 is 15.7 Å². The minimum atomic E-state index is -3.30. The maximum Gasteiger partial charge on any atom is 0.236 e. The molecule has 2 N–H and O–H groups in total. The molecule has 0 saturated heterocycles. The summed E-state index contributed by atoms with van der Waals surface area (Å²) < 4.78 is 25.0. The number of anilines is 1. The van der Waals surface area contributed by atoms with Crippen molar-refractivity contribution in [2.45, 2.75) is 26.2 Å². The van der Waals surface area contributed by atoms with Gasteiger partial charge in [-0.2, -0.15) is 0 Å². The molecule has 1 aromatic rings. The predicted molar refractivity (Wildman–Crippen MR) is 76.4 cm³/mol. The minimum absolute atomic E-state index is 0.0372. The Morgan fingerprint density at radius 3 is 2.06 bits per heavy atom. The Morgan fingerprint density at radius 1 is 1.17 bits per heavy atom. The fourth-order valence-electron chi connectivity index (χ4n) is 1.62. The standard InChI is InChI=1S/C13H22N2O2S/c1-13(2,3)11-5-7-12(8-6-11)15(4)18(16,17)10-9-14/h5-8H,9-10,14H2,1-4H3. The molecule has 0 aliphatic carbocycles. The van der Waals surface area contributed by atoms with Crippen molar-refractivity contribution in [3.05, 3.63) is 29.8 Å². The van der Waals surface area contributed by atoms with E-state index in [1.54, 1.807) is 7.05 Å². The van der Waals surface area contributed by atoms with Crippen LogP contribution in [0.1, 0.15) is 26.3 Å². The van der Waals surface area contributed by atoms with Crippen LogP contribution >= 0.6 is 0 Å². The van der Waals surface area contributed by atoms with Gasteiger partial charge in [0.15, 0.2) is 0 Å². The zero-order chi connectivity index (χ0) is 14.0. The second-order valence-corrected chi connectivity index (χ2v) is 7.49. The quantitative estimate of drug-likeness (QED) is 0.906. The van der Waals surface area contributed by atoms with Gasteiger partial charge in [-0.15, -0.1) is 0 Å². The van der Waals surface area contributed by atoms with E-state index in [-0.39, 0.29) is 17.7 Å². The molecule has 0 heterocycles. The lowest BCUT2D eigenvalue weighted by Crippen LogP contribution is -2.32. The summed E-state index contributed by atoms with van der Waals surface area (Å²) >= 11 is 0. The largest absolute Gasteiger partial charge is 0.329 e. The fourth-order valence-corrected chi connectivity index (χ4v) is 2.63. The molecule has 0 bridgehead atoms. The summed E-state index contributed by atoms with van der Waals surface area (Å²) in [4.78, 5) is 0. The van der Waals surface area contributed by atoms with E-state index in [2.05, 4.69) is 20.8 Å². The highest BCUT2D eigenvalue weighted by Gasteiger charge is 2.18. The monoisotopic (exact) mass is 270 g/mol. The zero-order valence-electron chi connectivity index (χ0n) is 11.5. The lowest BCUT2D eigenvalue weighted by atomic mass is 9.87. The fraction of sp³-hybridized carbons (Fsp3) is 0.538. The van der Waals surface area contributed by atoms with Crippen molar-refractivity contribution in [3.63, 3.8) is 0 Å². The van der Waals surface area contributed by atoms with Crippen LogP contribution in [0.25, 0.3) is 0 Å². The molecule has 0 atom stereocenters. The normalized spacial score (nSPS) is 12.5. The lowest BCUT2D eigenvalue weighted by molar-refractivity contribution is 0.590. The van der Waals surface area contributed by atoms with E-state index in [9.17, 15) is 8.42 Å². The molecule has 4 nitrogen and oxygen atoms in total. The van der Waals surface area contributed by atoms with Crippen LogP contribution in [0.3, 0.4) is 0 Å². The first kappa shape index (κ1) is 15.0. The molecule has 0 aliphatic heterocycles. The van der Waals surface area contributed by atoms with E-state index in [4.69, 9.17) is 5.73 Å². The minimum Gasteiger partial charge on any atom is -0.329 e. The zero-order valence-corrected chi connectivity index (χ0v) is 12.3. The highest BCUT2D eigenvalue weighted by molar-refractivity contribution is 7.92. The highest BCUT2D eigenvalue weighted by atomic mass is 32.2. The molecule has 1 aromatic carbocycles. The first-order chi connectivity index (χ1) is 8.18. The van der Waals surface area contributed by atoms with Gasteiger partial charge in [-0.25, -0.2) is 8.42 Å². The van der Waals surface area contributed by atoms with Crippen molar-refractivity contribution in [2.24, 2.45) is 5.73 Å². The summed E-state index contributed by atoms with van der Waals surface area (Å²) in [5.74, 6) is -0.0372. The summed E-state index contributed by atoms with van der Waals surface area (Å²) in [5, 5.41) is 0. The molecule has 0 fully saturated rings. The maximum absolute atomic E-state index is 11.9. The second-order valence-electron chi connectivity index (χ2n) is 5.37. The Hall–Kier alpha value is -1.07. The molecule has 102 valence electrons. The van der Waals surface area contributed by atoms with Gasteiger partial charge in [0, 0.05) is 13.6 Å². The third-order valence-electron chi connectivity index (χ3n) is 2.89. The second kappa shape index (κ2) is 5.28. The molecule has 0 amide bonds. The molecular weight excluding hydrogens is 248 g/mol. The van der Waals surface area contributed by atoms with Crippen LogP contribution in [0.4, 0.5) is 5.69 Å². The Balaban J connectivity index is 2.99. The van der Waals surface area contributed by atoms with Crippen LogP contribution in [0.5, 0.6) is 0 Å². The van der Waals surface area contributed by atoms with Crippen molar-refractivity contribution in [1.82, 2.24) is 0 Å². The summed E-state index contributed by atoms with van der Waals surface area (Å²) in [6, 6.07) is 7.58. The first-order valence-corrected chi connectivity index (χ1v) is 7.56. The van der Waals surface area contributed by atoms with Gasteiger partial charge in [0.1, 0.15) is 0 Å². The van der Waals surface area contributed by atoms with Crippen LogP contribution in [0, 0.1) is 0 Å². The summed E-state index contributed by atoms with van der Waals surface area (Å²) in [7, 11) is -1.75. The molecule has 0 unspecified atom stereocenters. The average molecular weight is 270 g/mol. The van der Waals surface area contributed by atoms with Gasteiger partial charge in [-0.1, -0.05) is 32.9 Å². The number of sulfonamides is 1. The number of hydrogen-bond donors (Lipinski definition) is 1. The Labute approximate surface area is 110 Å². The maximum atomic E-state index is 11.9. The van der Waals surface area contributed by atoms with Crippen LogP contribution in [0.15, 0.2) is 24.3 Å². The van der Waals surface area contributed by atoms with Crippen LogP contribution < -0.4 is 10.0 Å². The molecule has 0 saturated carbocycles. The average Bonchev–Trinajstić information content (AvgIpc) is 2.27. The van der Waals surface area contributed by atoms with Crippen molar-refractivity contribution in [3.8, 4) is 0 Å². The predicted octanol–water partition coefficient (Wildman–Crippen LogP) is 1.71. The van der Waals surface area contributed by atoms with Crippen molar-refractivity contribution in [1.29, 1.82) is 0 Å². The van der Waals surface area contributed by atoms with E-state index in [0.717, 1.165) is 0 Å². The Kier molecular flexibility index (Phi) is 4.40. The van der Waals surface area contributed by atoms with Gasteiger partial charge in [-0.3, -0.25) is 4.31 Å². The number of nitrogens with zero attached hydrogens (tertiary/aromatic N) is 1. The SMILES string of the molecule is CN(c1ccc(C(C)(C)C)cc1)S(=O)(=O)CCN. The molecule has 5 heteroatoms. The van der Waals surface area contributed by atoms with Crippen LogP contribution in [-0.2, 0) is 15.4 Å². The van der Waals surface area contributed by atoms with Gasteiger partial charge < -0.3 is 5.73 Å². The number of rotatable bonds is 4. The van der Waals surface area contributed by atoms with Crippen LogP contribution in [0.2, 0.25) is 0 Å². The van der Waals surface area contributed by atoms with Gasteiger partial charge >= 0.3 is 0 Å². The molecule has 18 heavy (non-hydrogen) atoms. The van der Waals surface area contributed by atoms with E-state index < -0.39 is 10.0 Å². The smallest absolute Gasteiger partial charge is 0.236 e. The molecule has 0 spiro atoms. The van der Waals surface area contributed by atoms with E-state index in [1.807, 2.05) is 24.3 Å². The summed E-state index contributed by atoms with van der Waals surface area (Å²) in [6.07, 6.45) is 0. The first-order valence-electron chi connectivity index (χ1n) is 5.96. The summed E-state index contributed by atoms with van der Waals surface area (Å²) in [5.41, 5.74) is 7.21. The van der Waals surface area contributed by atoms with Crippen molar-refractivity contribution in [2.75, 3.05) is 23.7 Å². The van der Waals surface area contributed by atoms with E-state index in [1.165, 1.54) is 9.87 Å². The number of hydrogen-bond acceptors (Lipinski definition) is 3. The Bertz CT molecular complexity index is 487. The third-order valence-corrected chi connectivity index (χ3v) is 4.69. The third kappa shape index (κ3) is 3.46. The topological polar surface area (TPSA) is 63.4 Å². The van der Waals surface area contributed by atoms with Gasteiger partial charge in [-0.05, 0) is 23.1 Å². The summed E-state index contributed by atoms with van der Waals surface area (Å²) in [6.45, 7) is 6.50. The molecule has 1 rings (SSSR count). The molecule has 0 aliphatic rings. The Morgan fingerprint density at radius 2 is 1.67 bits per heavy atom. The van der Waals surface area contributed by atoms with Gasteiger partial charge in [0.2, 0.25) is 10.0 Å². The van der Waals surface area contributed by atoms with E-state index >= 15 is 0 Å². The number of benzene rings is 1. The van der Waals surface area contributed by atoms with E-state index in [0.29, 0.717) is 5.69 Å². The lowest BCUT2D eigenvalue weighted by Gasteiger charge is -2.22. The van der Waals surface area contributed by atoms with Gasteiger partial charge in [0.05, 0.1) is 11.4 Å². The van der Waals surface area contributed by atoms with Crippen LogP contribution in [-0.4, -0.2) is 27.8 Å². The molecular formula is C13H22N2O2S. The molecule has 0 aromatic heterocycles.